The highest BCUT2D eigenvalue weighted by Crippen LogP contribution is 2.30. The average Bonchev–Trinajstić information content (AvgIpc) is 3.16. The maximum absolute atomic E-state index is 12.3. The van der Waals surface area contributed by atoms with E-state index in [9.17, 15) is 4.79 Å². The van der Waals surface area contributed by atoms with Gasteiger partial charge < -0.3 is 9.47 Å². The second-order valence-corrected chi connectivity index (χ2v) is 8.44. The van der Waals surface area contributed by atoms with Crippen LogP contribution in [0, 0.1) is 0 Å². The van der Waals surface area contributed by atoms with E-state index in [2.05, 4.69) is 40.1 Å². The first-order valence-electron chi connectivity index (χ1n) is 9.37. The molecule has 2 aromatic carbocycles. The van der Waals surface area contributed by atoms with Gasteiger partial charge in [-0.2, -0.15) is 0 Å². The van der Waals surface area contributed by atoms with Crippen molar-refractivity contribution in [1.82, 2.24) is 4.98 Å². The minimum Gasteiger partial charge on any atom is -0.494 e. The molecule has 0 aliphatic carbocycles. The number of nitrogens with zero attached hydrogens (tertiary/aromatic N) is 1. The van der Waals surface area contributed by atoms with Gasteiger partial charge in [0.15, 0.2) is 11.7 Å². The molecular formula is C22H23BrN2O3S. The quantitative estimate of drug-likeness (QED) is 0.427. The van der Waals surface area contributed by atoms with Gasteiger partial charge in [0.25, 0.3) is 5.91 Å². The van der Waals surface area contributed by atoms with E-state index in [1.54, 1.807) is 0 Å². The number of halogens is 1. The Balaban J connectivity index is 1.59. The van der Waals surface area contributed by atoms with E-state index in [0.29, 0.717) is 23.4 Å². The molecule has 1 heterocycles. The number of ether oxygens (including phenoxy) is 2. The molecule has 29 heavy (non-hydrogen) atoms. The molecule has 0 radical (unpaired) electrons. The molecule has 1 amide bonds. The molecule has 0 spiro atoms. The van der Waals surface area contributed by atoms with Crippen molar-refractivity contribution in [1.29, 1.82) is 0 Å². The van der Waals surface area contributed by atoms with Crippen LogP contribution in [0.25, 0.3) is 11.3 Å². The average molecular weight is 475 g/mol. The third kappa shape index (κ3) is 5.81. The number of aromatic nitrogens is 1. The van der Waals surface area contributed by atoms with E-state index >= 15 is 0 Å². The van der Waals surface area contributed by atoms with Crippen LogP contribution in [-0.2, 0) is 4.79 Å². The fraction of sp³-hybridized carbons (Fsp3) is 0.273. The van der Waals surface area contributed by atoms with E-state index in [1.165, 1.54) is 11.3 Å². The molecule has 3 rings (SSSR count). The van der Waals surface area contributed by atoms with Crippen molar-refractivity contribution in [3.63, 3.8) is 0 Å². The lowest BCUT2D eigenvalue weighted by atomic mass is 10.0. The van der Waals surface area contributed by atoms with Gasteiger partial charge in [-0.1, -0.05) is 29.8 Å². The summed E-state index contributed by atoms with van der Waals surface area (Å²) in [6.45, 7) is 6.69. The van der Waals surface area contributed by atoms with E-state index in [-0.39, 0.29) is 12.5 Å². The fourth-order valence-electron chi connectivity index (χ4n) is 2.75. The highest BCUT2D eigenvalue weighted by atomic mass is 79.9. The number of carbonyl (C=O) groups is 1. The lowest BCUT2D eigenvalue weighted by Crippen LogP contribution is -2.20. The third-order valence-corrected chi connectivity index (χ3v) is 5.42. The SMILES string of the molecule is CCOc1ccc(-c2csc(NC(=O)COc3ccc(Br)cc3C(C)C)n2)cc1. The Morgan fingerprint density at radius 2 is 1.93 bits per heavy atom. The Labute approximate surface area is 183 Å². The molecule has 1 N–H and O–H groups in total. The number of benzene rings is 2. The molecule has 0 bridgehead atoms. The summed E-state index contributed by atoms with van der Waals surface area (Å²) >= 11 is 4.86. The zero-order chi connectivity index (χ0) is 20.8. The first-order valence-corrected chi connectivity index (χ1v) is 11.0. The Bertz CT molecular complexity index is 970. The minimum atomic E-state index is -0.241. The lowest BCUT2D eigenvalue weighted by molar-refractivity contribution is -0.118. The number of amides is 1. The van der Waals surface area contributed by atoms with E-state index in [4.69, 9.17) is 9.47 Å². The number of thiazole rings is 1. The predicted octanol–water partition coefficient (Wildman–Crippen LogP) is 6.11. The first kappa shape index (κ1) is 21.3. The van der Waals surface area contributed by atoms with Crippen molar-refractivity contribution in [2.45, 2.75) is 26.7 Å². The molecule has 0 atom stereocenters. The van der Waals surface area contributed by atoms with Crippen LogP contribution in [0.3, 0.4) is 0 Å². The zero-order valence-electron chi connectivity index (χ0n) is 16.6. The molecule has 0 saturated heterocycles. The summed E-state index contributed by atoms with van der Waals surface area (Å²) in [5.74, 6) is 1.59. The van der Waals surface area contributed by atoms with Crippen molar-refractivity contribution >= 4 is 38.3 Å². The van der Waals surface area contributed by atoms with Crippen LogP contribution in [0.2, 0.25) is 0 Å². The van der Waals surface area contributed by atoms with Crippen molar-refractivity contribution in [3.05, 3.63) is 57.9 Å². The van der Waals surface area contributed by atoms with Gasteiger partial charge in [-0.15, -0.1) is 11.3 Å². The summed E-state index contributed by atoms with van der Waals surface area (Å²) in [5, 5.41) is 5.26. The Morgan fingerprint density at radius 3 is 2.62 bits per heavy atom. The highest BCUT2D eigenvalue weighted by molar-refractivity contribution is 9.10. The monoisotopic (exact) mass is 474 g/mol. The fourth-order valence-corrected chi connectivity index (χ4v) is 3.87. The topological polar surface area (TPSA) is 60.5 Å². The van der Waals surface area contributed by atoms with Gasteiger partial charge in [0.2, 0.25) is 0 Å². The number of carbonyl (C=O) groups excluding carboxylic acids is 1. The second kappa shape index (κ2) is 9.89. The van der Waals surface area contributed by atoms with E-state index in [1.807, 2.05) is 54.8 Å². The van der Waals surface area contributed by atoms with Crippen molar-refractivity contribution in [3.8, 4) is 22.8 Å². The maximum Gasteiger partial charge on any atom is 0.264 e. The number of anilines is 1. The van der Waals surface area contributed by atoms with Gasteiger partial charge in [0, 0.05) is 15.4 Å². The normalized spacial score (nSPS) is 10.8. The van der Waals surface area contributed by atoms with Gasteiger partial charge in [-0.05, 0) is 60.9 Å². The van der Waals surface area contributed by atoms with E-state index < -0.39 is 0 Å². The highest BCUT2D eigenvalue weighted by Gasteiger charge is 2.12. The maximum atomic E-state index is 12.3. The second-order valence-electron chi connectivity index (χ2n) is 6.67. The molecule has 7 heteroatoms. The van der Waals surface area contributed by atoms with Crippen molar-refractivity contribution in [2.75, 3.05) is 18.5 Å². The molecule has 0 fully saturated rings. The van der Waals surface area contributed by atoms with E-state index in [0.717, 1.165) is 27.0 Å². The molecule has 3 aromatic rings. The molecule has 0 aliphatic rings. The first-order chi connectivity index (χ1) is 14.0. The third-order valence-electron chi connectivity index (χ3n) is 4.16. The largest absolute Gasteiger partial charge is 0.494 e. The van der Waals surface area contributed by atoms with Gasteiger partial charge in [0.1, 0.15) is 11.5 Å². The van der Waals surface area contributed by atoms with Crippen molar-refractivity contribution in [2.24, 2.45) is 0 Å². The van der Waals surface area contributed by atoms with Crippen LogP contribution in [-0.4, -0.2) is 24.1 Å². The number of rotatable bonds is 8. The van der Waals surface area contributed by atoms with Gasteiger partial charge in [-0.25, -0.2) is 4.98 Å². The predicted molar refractivity (Wildman–Crippen MR) is 121 cm³/mol. The zero-order valence-corrected chi connectivity index (χ0v) is 19.0. The molecule has 0 unspecified atom stereocenters. The summed E-state index contributed by atoms with van der Waals surface area (Å²) in [6, 6.07) is 13.5. The summed E-state index contributed by atoms with van der Waals surface area (Å²) in [6.07, 6.45) is 0. The van der Waals surface area contributed by atoms with Crippen LogP contribution >= 0.6 is 27.3 Å². The lowest BCUT2D eigenvalue weighted by Gasteiger charge is -2.14. The Kier molecular flexibility index (Phi) is 7.28. The van der Waals surface area contributed by atoms with Gasteiger partial charge >= 0.3 is 0 Å². The van der Waals surface area contributed by atoms with Crippen LogP contribution in [0.15, 0.2) is 52.3 Å². The summed E-state index contributed by atoms with van der Waals surface area (Å²) < 4.78 is 12.2. The molecular weight excluding hydrogens is 452 g/mol. The summed E-state index contributed by atoms with van der Waals surface area (Å²) in [5.41, 5.74) is 2.83. The number of hydrogen-bond donors (Lipinski definition) is 1. The van der Waals surface area contributed by atoms with Crippen LogP contribution in [0.1, 0.15) is 32.3 Å². The number of hydrogen-bond acceptors (Lipinski definition) is 5. The molecule has 152 valence electrons. The van der Waals surface area contributed by atoms with Crippen LogP contribution < -0.4 is 14.8 Å². The van der Waals surface area contributed by atoms with Gasteiger partial charge in [0.05, 0.1) is 12.3 Å². The van der Waals surface area contributed by atoms with Crippen LogP contribution in [0.5, 0.6) is 11.5 Å². The number of nitrogens with one attached hydrogen (secondary N) is 1. The molecule has 0 saturated carbocycles. The molecule has 1 aromatic heterocycles. The van der Waals surface area contributed by atoms with Crippen LogP contribution in [0.4, 0.5) is 5.13 Å². The Hall–Kier alpha value is -2.38. The molecule has 5 nitrogen and oxygen atoms in total. The minimum absolute atomic E-state index is 0.0701. The van der Waals surface area contributed by atoms with Gasteiger partial charge in [-0.3, -0.25) is 10.1 Å². The summed E-state index contributed by atoms with van der Waals surface area (Å²) in [4.78, 5) is 16.8. The smallest absolute Gasteiger partial charge is 0.264 e. The molecule has 0 aliphatic heterocycles. The van der Waals surface area contributed by atoms with Crippen molar-refractivity contribution < 1.29 is 14.3 Å². The Morgan fingerprint density at radius 1 is 1.17 bits per heavy atom. The summed E-state index contributed by atoms with van der Waals surface area (Å²) in [7, 11) is 0. The standard InChI is InChI=1S/C22H23BrN2O3S/c1-4-27-17-8-5-15(6-9-17)19-13-29-22(24-19)25-21(26)12-28-20-10-7-16(23)11-18(20)14(2)3/h5-11,13-14H,4,12H2,1-3H3,(H,24,25,26).